The molecule has 20 heavy (non-hydrogen) atoms. The van der Waals surface area contributed by atoms with Crippen molar-refractivity contribution in [1.82, 2.24) is 4.98 Å². The topological polar surface area (TPSA) is 31.4 Å². The van der Waals surface area contributed by atoms with Crippen molar-refractivity contribution in [3.63, 3.8) is 0 Å². The Morgan fingerprint density at radius 2 is 1.45 bits per heavy atom. The monoisotopic (exact) mass is 265 g/mol. The fraction of sp³-hybridized carbons (Fsp3) is 0.118. The van der Waals surface area contributed by atoms with Crippen LogP contribution in [0.15, 0.2) is 66.9 Å². The Labute approximate surface area is 117 Å². The van der Waals surface area contributed by atoms with E-state index in [1.54, 1.807) is 6.20 Å². The number of benzene rings is 2. The zero-order chi connectivity index (χ0) is 13.6. The highest BCUT2D eigenvalue weighted by Crippen LogP contribution is 2.17. The number of rotatable bonds is 5. The minimum atomic E-state index is 0.495. The molecular weight excluding hydrogens is 250 g/mol. The standard InChI is InChI=1S/C17H15NO2/c1-2-7-15(8-3-1)19-10-11-20-16-12-14-6-4-5-9-17(14)18-13-16/h1-9,12-13H,10-11H2. The Morgan fingerprint density at radius 3 is 2.30 bits per heavy atom. The highest BCUT2D eigenvalue weighted by Gasteiger charge is 1.98. The summed E-state index contributed by atoms with van der Waals surface area (Å²) in [6.07, 6.45) is 1.74. The highest BCUT2D eigenvalue weighted by molar-refractivity contribution is 5.79. The second-order valence-electron chi connectivity index (χ2n) is 4.37. The lowest BCUT2D eigenvalue weighted by Gasteiger charge is -2.08. The van der Waals surface area contributed by atoms with E-state index in [1.165, 1.54) is 0 Å². The molecule has 0 unspecified atom stereocenters. The normalized spacial score (nSPS) is 10.4. The van der Waals surface area contributed by atoms with Gasteiger partial charge in [0, 0.05) is 5.39 Å². The third-order valence-electron chi connectivity index (χ3n) is 2.93. The summed E-state index contributed by atoms with van der Waals surface area (Å²) in [5.74, 6) is 1.62. The summed E-state index contributed by atoms with van der Waals surface area (Å²) in [4.78, 5) is 4.35. The zero-order valence-corrected chi connectivity index (χ0v) is 11.0. The first-order valence-electron chi connectivity index (χ1n) is 6.57. The van der Waals surface area contributed by atoms with Gasteiger partial charge in [0.15, 0.2) is 0 Å². The van der Waals surface area contributed by atoms with Crippen molar-refractivity contribution in [3.8, 4) is 11.5 Å². The first kappa shape index (κ1) is 12.5. The van der Waals surface area contributed by atoms with E-state index in [1.807, 2.05) is 60.7 Å². The largest absolute Gasteiger partial charge is 0.490 e. The van der Waals surface area contributed by atoms with Gasteiger partial charge in [-0.25, -0.2) is 0 Å². The van der Waals surface area contributed by atoms with Crippen molar-refractivity contribution in [3.05, 3.63) is 66.9 Å². The fourth-order valence-electron chi connectivity index (χ4n) is 1.97. The molecule has 0 N–H and O–H groups in total. The molecule has 3 nitrogen and oxygen atoms in total. The summed E-state index contributed by atoms with van der Waals surface area (Å²) in [7, 11) is 0. The van der Waals surface area contributed by atoms with Gasteiger partial charge in [0.25, 0.3) is 0 Å². The number of fused-ring (bicyclic) bond motifs is 1. The molecule has 1 aromatic heterocycles. The van der Waals surface area contributed by atoms with Crippen molar-refractivity contribution >= 4 is 10.9 Å². The van der Waals surface area contributed by atoms with Crippen LogP contribution in [0.25, 0.3) is 10.9 Å². The van der Waals surface area contributed by atoms with Gasteiger partial charge in [-0.05, 0) is 24.3 Å². The smallest absolute Gasteiger partial charge is 0.138 e. The molecular formula is C17H15NO2. The molecule has 1 heterocycles. The number of ether oxygens (including phenoxy) is 2. The van der Waals surface area contributed by atoms with E-state index < -0.39 is 0 Å². The molecule has 100 valence electrons. The van der Waals surface area contributed by atoms with Gasteiger partial charge in [-0.2, -0.15) is 0 Å². The SMILES string of the molecule is c1ccc(OCCOc2cnc3ccccc3c2)cc1. The zero-order valence-electron chi connectivity index (χ0n) is 11.0. The van der Waals surface area contributed by atoms with Crippen LogP contribution < -0.4 is 9.47 Å². The summed E-state index contributed by atoms with van der Waals surface area (Å²) in [6.45, 7) is 1.01. The lowest BCUT2D eigenvalue weighted by molar-refractivity contribution is 0.217. The second-order valence-corrected chi connectivity index (χ2v) is 4.37. The number of pyridine rings is 1. The predicted octanol–water partition coefficient (Wildman–Crippen LogP) is 3.69. The summed E-state index contributed by atoms with van der Waals surface area (Å²) >= 11 is 0. The van der Waals surface area contributed by atoms with Gasteiger partial charge in [0.1, 0.15) is 24.7 Å². The fourth-order valence-corrected chi connectivity index (χ4v) is 1.97. The van der Waals surface area contributed by atoms with E-state index in [0.717, 1.165) is 22.4 Å². The maximum absolute atomic E-state index is 5.65. The van der Waals surface area contributed by atoms with Crippen LogP contribution in [0.3, 0.4) is 0 Å². The van der Waals surface area contributed by atoms with Crippen molar-refractivity contribution in [2.45, 2.75) is 0 Å². The molecule has 0 fully saturated rings. The van der Waals surface area contributed by atoms with E-state index in [0.29, 0.717) is 13.2 Å². The van der Waals surface area contributed by atoms with Gasteiger partial charge in [0.05, 0.1) is 11.7 Å². The minimum Gasteiger partial charge on any atom is -0.490 e. The van der Waals surface area contributed by atoms with E-state index in [9.17, 15) is 0 Å². The van der Waals surface area contributed by atoms with Crippen LogP contribution in [0.5, 0.6) is 11.5 Å². The van der Waals surface area contributed by atoms with Crippen LogP contribution in [0.4, 0.5) is 0 Å². The van der Waals surface area contributed by atoms with Gasteiger partial charge >= 0.3 is 0 Å². The number of para-hydroxylation sites is 2. The molecule has 0 atom stereocenters. The second kappa shape index (κ2) is 6.06. The first-order chi connectivity index (χ1) is 9.92. The third-order valence-corrected chi connectivity index (χ3v) is 2.93. The molecule has 0 spiro atoms. The van der Waals surface area contributed by atoms with E-state index >= 15 is 0 Å². The third kappa shape index (κ3) is 3.06. The van der Waals surface area contributed by atoms with Gasteiger partial charge in [-0.15, -0.1) is 0 Å². The van der Waals surface area contributed by atoms with E-state index in [2.05, 4.69) is 4.98 Å². The number of hydrogen-bond donors (Lipinski definition) is 0. The average molecular weight is 265 g/mol. The molecule has 0 bridgehead atoms. The molecule has 0 saturated heterocycles. The van der Waals surface area contributed by atoms with Gasteiger partial charge in [-0.1, -0.05) is 36.4 Å². The van der Waals surface area contributed by atoms with Crippen LogP contribution in [-0.2, 0) is 0 Å². The molecule has 3 aromatic rings. The maximum atomic E-state index is 5.65. The lowest BCUT2D eigenvalue weighted by atomic mass is 10.2. The first-order valence-corrected chi connectivity index (χ1v) is 6.57. The van der Waals surface area contributed by atoms with Gasteiger partial charge in [0.2, 0.25) is 0 Å². The Morgan fingerprint density at radius 1 is 0.750 bits per heavy atom. The van der Waals surface area contributed by atoms with Gasteiger partial charge in [-0.3, -0.25) is 4.98 Å². The summed E-state index contributed by atoms with van der Waals surface area (Å²) in [5.41, 5.74) is 0.973. The van der Waals surface area contributed by atoms with Crippen molar-refractivity contribution in [2.75, 3.05) is 13.2 Å². The van der Waals surface area contributed by atoms with E-state index in [4.69, 9.17) is 9.47 Å². The minimum absolute atomic E-state index is 0.495. The van der Waals surface area contributed by atoms with Crippen molar-refractivity contribution < 1.29 is 9.47 Å². The van der Waals surface area contributed by atoms with Crippen LogP contribution in [0, 0.1) is 0 Å². The summed E-state index contributed by atoms with van der Waals surface area (Å²) in [5, 5.41) is 1.08. The highest BCUT2D eigenvalue weighted by atomic mass is 16.5. The van der Waals surface area contributed by atoms with Gasteiger partial charge < -0.3 is 9.47 Å². The predicted molar refractivity (Wildman–Crippen MR) is 79.2 cm³/mol. The Kier molecular flexibility index (Phi) is 3.78. The molecule has 0 aliphatic heterocycles. The molecule has 3 rings (SSSR count). The molecule has 0 saturated carbocycles. The maximum Gasteiger partial charge on any atom is 0.138 e. The lowest BCUT2D eigenvalue weighted by Crippen LogP contribution is -2.09. The summed E-state index contributed by atoms with van der Waals surface area (Å²) < 4.78 is 11.2. The van der Waals surface area contributed by atoms with Crippen molar-refractivity contribution in [2.24, 2.45) is 0 Å². The number of aromatic nitrogens is 1. The molecule has 2 aromatic carbocycles. The average Bonchev–Trinajstić information content (AvgIpc) is 2.52. The summed E-state index contributed by atoms with van der Waals surface area (Å²) in [6, 6.07) is 19.7. The number of hydrogen-bond acceptors (Lipinski definition) is 3. The van der Waals surface area contributed by atoms with Crippen LogP contribution in [0.2, 0.25) is 0 Å². The van der Waals surface area contributed by atoms with Crippen LogP contribution in [-0.4, -0.2) is 18.2 Å². The molecule has 0 aliphatic carbocycles. The molecule has 3 heteroatoms. The molecule has 0 radical (unpaired) electrons. The van der Waals surface area contributed by atoms with E-state index in [-0.39, 0.29) is 0 Å². The molecule has 0 amide bonds. The number of nitrogens with zero attached hydrogens (tertiary/aromatic N) is 1. The Balaban J connectivity index is 1.55. The van der Waals surface area contributed by atoms with Crippen molar-refractivity contribution in [1.29, 1.82) is 0 Å². The molecule has 0 aliphatic rings. The Hall–Kier alpha value is -2.55. The quantitative estimate of drug-likeness (QED) is 0.659. The van der Waals surface area contributed by atoms with Crippen LogP contribution >= 0.6 is 0 Å². The Bertz CT molecular complexity index is 683. The van der Waals surface area contributed by atoms with Crippen LogP contribution in [0.1, 0.15) is 0 Å².